The molecule has 0 aliphatic carbocycles. The highest BCUT2D eigenvalue weighted by molar-refractivity contribution is 6.00. The van der Waals surface area contributed by atoms with Gasteiger partial charge in [0.25, 0.3) is 5.91 Å². The third kappa shape index (κ3) is 4.46. The molecular weight excluding hydrogens is 434 g/mol. The van der Waals surface area contributed by atoms with E-state index in [0.717, 1.165) is 11.1 Å². The summed E-state index contributed by atoms with van der Waals surface area (Å²) >= 11 is 0. The minimum Gasteiger partial charge on any atom is -0.507 e. The molecule has 0 fully saturated rings. The predicted octanol–water partition coefficient (Wildman–Crippen LogP) is 4.41. The fourth-order valence-corrected chi connectivity index (χ4v) is 4.26. The molecule has 0 saturated heterocycles. The first-order chi connectivity index (χ1) is 16.5. The number of H-pyrrole nitrogens is 1. The smallest absolute Gasteiger partial charge is 0.273 e. The van der Waals surface area contributed by atoms with E-state index in [-0.39, 0.29) is 11.7 Å². The normalized spacial score (nSPS) is 15.1. The van der Waals surface area contributed by atoms with Crippen molar-refractivity contribution in [3.8, 4) is 28.5 Å². The van der Waals surface area contributed by atoms with Gasteiger partial charge in [0.2, 0.25) is 0 Å². The molecule has 8 heteroatoms. The zero-order valence-electron chi connectivity index (χ0n) is 20.0. The van der Waals surface area contributed by atoms with E-state index in [2.05, 4.69) is 24.0 Å². The first-order valence-electron chi connectivity index (χ1n) is 11.4. The Labute approximate surface area is 199 Å². The molecule has 2 heterocycles. The Morgan fingerprint density at radius 2 is 1.94 bits per heavy atom. The number of hydrogen-bond acceptors (Lipinski definition) is 6. The zero-order valence-corrected chi connectivity index (χ0v) is 20.0. The summed E-state index contributed by atoms with van der Waals surface area (Å²) in [5.74, 6) is 1.61. The fourth-order valence-electron chi connectivity index (χ4n) is 4.26. The molecule has 8 nitrogen and oxygen atoms in total. The fraction of sp³-hybridized carbons (Fsp3) is 0.385. The largest absolute Gasteiger partial charge is 0.507 e. The number of benzene rings is 2. The van der Waals surface area contributed by atoms with Gasteiger partial charge in [-0.3, -0.25) is 9.89 Å². The van der Waals surface area contributed by atoms with Gasteiger partial charge in [0.1, 0.15) is 17.1 Å². The number of ether oxygens (including phenoxy) is 3. The summed E-state index contributed by atoms with van der Waals surface area (Å²) in [7, 11) is 3.25. The number of nitrogens with one attached hydrogen (secondary N) is 1. The van der Waals surface area contributed by atoms with Crippen LogP contribution in [0.5, 0.6) is 17.2 Å². The van der Waals surface area contributed by atoms with Gasteiger partial charge in [-0.2, -0.15) is 5.10 Å². The molecule has 1 amide bonds. The van der Waals surface area contributed by atoms with Crippen LogP contribution in [0.3, 0.4) is 0 Å². The maximum absolute atomic E-state index is 13.4. The third-order valence-corrected chi connectivity index (χ3v) is 5.85. The lowest BCUT2D eigenvalue weighted by molar-refractivity contribution is 0.0723. The molecule has 0 unspecified atom stereocenters. The Bertz CT molecular complexity index is 1160. The van der Waals surface area contributed by atoms with Crippen molar-refractivity contribution in [2.75, 3.05) is 34.0 Å². The number of aromatic amines is 1. The van der Waals surface area contributed by atoms with Crippen molar-refractivity contribution < 1.29 is 24.1 Å². The van der Waals surface area contributed by atoms with E-state index in [9.17, 15) is 9.90 Å². The molecule has 3 aromatic rings. The minimum absolute atomic E-state index is 0.107. The molecule has 1 atom stereocenters. The van der Waals surface area contributed by atoms with Crippen LogP contribution >= 0.6 is 0 Å². The number of fused-ring (bicyclic) bond motifs is 1. The number of carbonyl (C=O) groups is 1. The van der Waals surface area contributed by atoms with Crippen molar-refractivity contribution in [3.05, 3.63) is 59.3 Å². The third-order valence-electron chi connectivity index (χ3n) is 5.85. The van der Waals surface area contributed by atoms with Crippen molar-refractivity contribution in [1.29, 1.82) is 0 Å². The number of hydrogen-bond donors (Lipinski definition) is 2. The number of carbonyl (C=O) groups excluding carboxylic acids is 1. The topological polar surface area (TPSA) is 96.9 Å². The first kappa shape index (κ1) is 23.6. The quantitative estimate of drug-likeness (QED) is 0.431. The minimum atomic E-state index is -0.402. The van der Waals surface area contributed by atoms with Gasteiger partial charge in [-0.15, -0.1) is 0 Å². The first-order valence-corrected chi connectivity index (χ1v) is 11.4. The van der Waals surface area contributed by atoms with E-state index in [1.807, 2.05) is 29.2 Å². The highest BCUT2D eigenvalue weighted by atomic mass is 16.5. The van der Waals surface area contributed by atoms with E-state index in [4.69, 9.17) is 14.2 Å². The molecule has 1 aromatic heterocycles. The Hall–Kier alpha value is -3.52. The van der Waals surface area contributed by atoms with Crippen LogP contribution in [0.4, 0.5) is 0 Å². The van der Waals surface area contributed by atoms with Gasteiger partial charge in [0.15, 0.2) is 11.5 Å². The highest BCUT2D eigenvalue weighted by Gasteiger charge is 2.42. The van der Waals surface area contributed by atoms with Gasteiger partial charge in [0, 0.05) is 31.4 Å². The molecule has 1 aliphatic heterocycles. The maximum atomic E-state index is 13.4. The van der Waals surface area contributed by atoms with Crippen LogP contribution in [0.1, 0.15) is 47.9 Å². The lowest BCUT2D eigenvalue weighted by Crippen LogP contribution is -2.31. The van der Waals surface area contributed by atoms with Crippen LogP contribution in [0.15, 0.2) is 42.5 Å². The van der Waals surface area contributed by atoms with Gasteiger partial charge in [-0.25, -0.2) is 0 Å². The summed E-state index contributed by atoms with van der Waals surface area (Å²) in [6.45, 7) is 5.80. The summed E-state index contributed by atoms with van der Waals surface area (Å²) in [6.07, 6.45) is 0.690. The number of phenolic OH excluding ortho intramolecular Hbond substituents is 1. The van der Waals surface area contributed by atoms with E-state index in [1.165, 1.54) is 0 Å². The number of nitrogens with zero attached hydrogens (tertiary/aromatic N) is 2. The Morgan fingerprint density at radius 1 is 1.15 bits per heavy atom. The van der Waals surface area contributed by atoms with Crippen molar-refractivity contribution in [2.24, 2.45) is 5.92 Å². The monoisotopic (exact) mass is 465 g/mol. The maximum Gasteiger partial charge on any atom is 0.273 e. The van der Waals surface area contributed by atoms with Gasteiger partial charge in [-0.05, 0) is 42.2 Å². The van der Waals surface area contributed by atoms with Crippen molar-refractivity contribution in [2.45, 2.75) is 26.3 Å². The van der Waals surface area contributed by atoms with Gasteiger partial charge in [-0.1, -0.05) is 32.0 Å². The zero-order chi connectivity index (χ0) is 24.2. The summed E-state index contributed by atoms with van der Waals surface area (Å²) < 4.78 is 16.8. The number of phenols is 1. The van der Waals surface area contributed by atoms with Crippen LogP contribution < -0.4 is 9.47 Å². The molecule has 1 aliphatic rings. The Kier molecular flexibility index (Phi) is 7.07. The Morgan fingerprint density at radius 3 is 2.65 bits per heavy atom. The van der Waals surface area contributed by atoms with Gasteiger partial charge in [0.05, 0.1) is 19.8 Å². The molecule has 2 N–H and O–H groups in total. The summed E-state index contributed by atoms with van der Waals surface area (Å²) in [5.41, 5.74) is 3.16. The SMILES string of the molecule is COCCCN1C(=O)c2[nH]nc(-c3ccccc3O)c2[C@H]1c1ccc(OCC(C)C)c(OC)c1. The number of para-hydroxylation sites is 1. The molecule has 0 saturated carbocycles. The van der Waals surface area contributed by atoms with Crippen LogP contribution in [-0.2, 0) is 4.74 Å². The average Bonchev–Trinajstić information content (AvgIpc) is 3.37. The molecule has 34 heavy (non-hydrogen) atoms. The molecule has 0 bridgehead atoms. The van der Waals surface area contributed by atoms with Crippen LogP contribution in [0.25, 0.3) is 11.3 Å². The predicted molar refractivity (Wildman–Crippen MR) is 128 cm³/mol. The van der Waals surface area contributed by atoms with Crippen molar-refractivity contribution in [3.63, 3.8) is 0 Å². The lowest BCUT2D eigenvalue weighted by Gasteiger charge is -2.27. The number of amides is 1. The molecule has 0 radical (unpaired) electrons. The lowest BCUT2D eigenvalue weighted by atomic mass is 9.95. The second-order valence-corrected chi connectivity index (χ2v) is 8.74. The van der Waals surface area contributed by atoms with Crippen LogP contribution in [0, 0.1) is 5.92 Å². The molecule has 0 spiro atoms. The number of methoxy groups -OCH3 is 2. The summed E-state index contributed by atoms with van der Waals surface area (Å²) in [4.78, 5) is 15.2. The molecule has 2 aromatic carbocycles. The second-order valence-electron chi connectivity index (χ2n) is 8.74. The van der Waals surface area contributed by atoms with E-state index < -0.39 is 6.04 Å². The molecular formula is C26H31N3O5. The molecule has 4 rings (SSSR count). The second kappa shape index (κ2) is 10.2. The Balaban J connectivity index is 1.80. The average molecular weight is 466 g/mol. The highest BCUT2D eigenvalue weighted by Crippen LogP contribution is 2.45. The summed E-state index contributed by atoms with van der Waals surface area (Å²) in [5, 5.41) is 17.8. The number of aromatic hydroxyl groups is 1. The standard InChI is InChI=1S/C26H31N3O5/c1-16(2)15-34-20-11-10-17(14-21(20)33-4)25-22-23(18-8-5-6-9-19(18)30)27-28-24(22)26(31)29(25)12-7-13-32-3/h5-6,8-11,14,16,25,30H,7,12-13,15H2,1-4H3,(H,27,28)/t25-/m1/s1. The summed E-state index contributed by atoms with van der Waals surface area (Å²) in [6, 6.07) is 12.3. The van der Waals surface area contributed by atoms with Gasteiger partial charge >= 0.3 is 0 Å². The van der Waals surface area contributed by atoms with Gasteiger partial charge < -0.3 is 24.2 Å². The molecule has 180 valence electrons. The van der Waals surface area contributed by atoms with Crippen LogP contribution in [-0.4, -0.2) is 60.1 Å². The van der Waals surface area contributed by atoms with E-state index >= 15 is 0 Å². The number of rotatable bonds is 10. The number of aromatic nitrogens is 2. The van der Waals surface area contributed by atoms with E-state index in [0.29, 0.717) is 60.5 Å². The van der Waals surface area contributed by atoms with Crippen LogP contribution in [0.2, 0.25) is 0 Å². The van der Waals surface area contributed by atoms with E-state index in [1.54, 1.807) is 32.4 Å². The van der Waals surface area contributed by atoms with Crippen molar-refractivity contribution >= 4 is 5.91 Å². The van der Waals surface area contributed by atoms with Crippen molar-refractivity contribution in [1.82, 2.24) is 15.1 Å².